The van der Waals surface area contributed by atoms with Gasteiger partial charge in [-0.3, -0.25) is 4.79 Å². The fraction of sp³-hybridized carbons (Fsp3) is 0.250. The van der Waals surface area contributed by atoms with E-state index in [1.54, 1.807) is 36.6 Å². The summed E-state index contributed by atoms with van der Waals surface area (Å²) in [4.78, 5) is 12.6. The monoisotopic (exact) mass is 434 g/mol. The second-order valence-corrected chi connectivity index (χ2v) is 9.04. The Labute approximate surface area is 173 Å². The Morgan fingerprint density at radius 2 is 1.83 bits per heavy atom. The Morgan fingerprint density at radius 1 is 1.10 bits per heavy atom. The highest BCUT2D eigenvalue weighted by Crippen LogP contribution is 2.25. The van der Waals surface area contributed by atoms with Gasteiger partial charge in [0.05, 0.1) is 30.8 Å². The Hall–Kier alpha value is -2.39. The maximum absolute atomic E-state index is 12.6. The number of carbonyl (C=O) groups excluding carboxylic acids is 1. The van der Waals surface area contributed by atoms with Gasteiger partial charge in [-0.25, -0.2) is 8.42 Å². The molecule has 0 radical (unpaired) electrons. The Bertz CT molecular complexity index is 1140. The molecule has 1 N–H and O–H groups in total. The van der Waals surface area contributed by atoms with Gasteiger partial charge in [0, 0.05) is 34.7 Å². The molecule has 0 unspecified atom stereocenters. The largest absolute Gasteiger partial charge is 0.464 e. The number of nitrogens with one attached hydrogen (secondary N) is 1. The minimum Gasteiger partial charge on any atom is -0.464 e. The van der Waals surface area contributed by atoms with E-state index in [9.17, 15) is 13.2 Å². The maximum Gasteiger partial charge on any atom is 0.243 e. The number of anilines is 1. The van der Waals surface area contributed by atoms with Gasteiger partial charge >= 0.3 is 0 Å². The van der Waals surface area contributed by atoms with Gasteiger partial charge in [-0.2, -0.15) is 4.31 Å². The van der Waals surface area contributed by atoms with Crippen molar-refractivity contribution in [3.63, 3.8) is 0 Å². The van der Waals surface area contributed by atoms with E-state index in [-0.39, 0.29) is 17.2 Å². The minimum absolute atomic E-state index is 0.112. The SMILES string of the molecule is O=C(Cc1coc2ccc(Cl)cc12)Nc1ccc(S(=O)(=O)N2CCOCC2)cc1. The number of hydrogen-bond donors (Lipinski definition) is 1. The summed E-state index contributed by atoms with van der Waals surface area (Å²) in [5.74, 6) is -0.239. The number of rotatable bonds is 5. The van der Waals surface area contributed by atoms with Crippen LogP contribution in [0.2, 0.25) is 5.02 Å². The van der Waals surface area contributed by atoms with Crippen LogP contribution in [0.1, 0.15) is 5.56 Å². The van der Waals surface area contributed by atoms with Crippen molar-refractivity contribution >= 4 is 44.2 Å². The van der Waals surface area contributed by atoms with Crippen LogP contribution in [0, 0.1) is 0 Å². The molecule has 4 rings (SSSR count). The van der Waals surface area contributed by atoms with Crippen LogP contribution in [0.25, 0.3) is 11.0 Å². The molecule has 1 fully saturated rings. The summed E-state index contributed by atoms with van der Waals surface area (Å²) in [5.41, 5.74) is 1.91. The molecule has 1 amide bonds. The molecule has 152 valence electrons. The molecule has 7 nitrogen and oxygen atoms in total. The third-order valence-corrected chi connectivity index (χ3v) is 6.86. The van der Waals surface area contributed by atoms with Crippen molar-refractivity contribution < 1.29 is 22.4 Å². The van der Waals surface area contributed by atoms with Gasteiger partial charge in [-0.1, -0.05) is 11.6 Å². The van der Waals surface area contributed by atoms with Gasteiger partial charge in [0.25, 0.3) is 0 Å². The summed E-state index contributed by atoms with van der Waals surface area (Å²) >= 11 is 6.02. The van der Waals surface area contributed by atoms with Crippen molar-refractivity contribution in [3.05, 3.63) is 59.3 Å². The topological polar surface area (TPSA) is 88.8 Å². The van der Waals surface area contributed by atoms with E-state index in [0.29, 0.717) is 42.6 Å². The highest BCUT2D eigenvalue weighted by Gasteiger charge is 2.26. The van der Waals surface area contributed by atoms with Crippen LogP contribution in [0.3, 0.4) is 0 Å². The quantitative estimate of drug-likeness (QED) is 0.665. The van der Waals surface area contributed by atoms with Gasteiger partial charge in [0.1, 0.15) is 5.58 Å². The summed E-state index contributed by atoms with van der Waals surface area (Å²) in [6, 6.07) is 11.4. The molecule has 1 aliphatic rings. The molecular weight excluding hydrogens is 416 g/mol. The number of halogens is 1. The zero-order chi connectivity index (χ0) is 20.4. The van der Waals surface area contributed by atoms with Crippen LogP contribution in [0.15, 0.2) is 58.0 Å². The lowest BCUT2D eigenvalue weighted by atomic mass is 10.1. The molecule has 2 aromatic carbocycles. The van der Waals surface area contributed by atoms with Crippen molar-refractivity contribution in [1.29, 1.82) is 0 Å². The third kappa shape index (κ3) is 4.30. The summed E-state index contributed by atoms with van der Waals surface area (Å²) in [7, 11) is -3.56. The number of furan rings is 1. The molecular formula is C20H19ClN2O5S. The number of morpholine rings is 1. The lowest BCUT2D eigenvalue weighted by molar-refractivity contribution is -0.115. The predicted molar refractivity (Wildman–Crippen MR) is 110 cm³/mol. The smallest absolute Gasteiger partial charge is 0.243 e. The highest BCUT2D eigenvalue weighted by molar-refractivity contribution is 7.89. The standard InChI is InChI=1S/C20H19ClN2O5S/c21-15-1-6-19-18(12-15)14(13-28-19)11-20(24)22-16-2-4-17(5-3-16)29(25,26)23-7-9-27-10-8-23/h1-6,12-13H,7-11H2,(H,22,24). The van der Waals surface area contributed by atoms with Crippen molar-refractivity contribution in [2.45, 2.75) is 11.3 Å². The lowest BCUT2D eigenvalue weighted by Gasteiger charge is -2.26. The zero-order valence-corrected chi connectivity index (χ0v) is 17.0. The van der Waals surface area contributed by atoms with Gasteiger partial charge in [-0.15, -0.1) is 0 Å². The van der Waals surface area contributed by atoms with Crippen molar-refractivity contribution in [1.82, 2.24) is 4.31 Å². The predicted octanol–water partition coefficient (Wildman–Crippen LogP) is 3.29. The van der Waals surface area contributed by atoms with Gasteiger partial charge in [0.15, 0.2) is 0 Å². The van der Waals surface area contributed by atoms with Crippen molar-refractivity contribution in [3.8, 4) is 0 Å². The number of hydrogen-bond acceptors (Lipinski definition) is 5. The number of fused-ring (bicyclic) bond motifs is 1. The molecule has 0 saturated carbocycles. The summed E-state index contributed by atoms with van der Waals surface area (Å²) in [6.45, 7) is 1.45. The Morgan fingerprint density at radius 3 is 2.55 bits per heavy atom. The van der Waals surface area contributed by atoms with Crippen LogP contribution >= 0.6 is 11.6 Å². The van der Waals surface area contributed by atoms with Crippen LogP contribution in [0.5, 0.6) is 0 Å². The molecule has 2 heterocycles. The fourth-order valence-corrected chi connectivity index (χ4v) is 4.80. The van der Waals surface area contributed by atoms with E-state index in [1.165, 1.54) is 16.4 Å². The van der Waals surface area contributed by atoms with Crippen LogP contribution in [-0.4, -0.2) is 44.9 Å². The molecule has 0 aliphatic carbocycles. The first kappa shape index (κ1) is 19.9. The molecule has 1 aromatic heterocycles. The number of sulfonamides is 1. The number of carbonyl (C=O) groups is 1. The molecule has 29 heavy (non-hydrogen) atoms. The molecule has 0 atom stereocenters. The first-order valence-electron chi connectivity index (χ1n) is 9.07. The van der Waals surface area contributed by atoms with E-state index < -0.39 is 10.0 Å². The van der Waals surface area contributed by atoms with Crippen LogP contribution < -0.4 is 5.32 Å². The molecule has 0 bridgehead atoms. The van der Waals surface area contributed by atoms with Gasteiger partial charge in [0.2, 0.25) is 15.9 Å². The fourth-order valence-electron chi connectivity index (χ4n) is 3.22. The van der Waals surface area contributed by atoms with Crippen molar-refractivity contribution in [2.24, 2.45) is 0 Å². The lowest BCUT2D eigenvalue weighted by Crippen LogP contribution is -2.40. The van der Waals surface area contributed by atoms with Crippen LogP contribution in [-0.2, 0) is 26.0 Å². The Kier molecular flexibility index (Phi) is 5.60. The molecule has 0 spiro atoms. The maximum atomic E-state index is 12.6. The average molecular weight is 435 g/mol. The second kappa shape index (κ2) is 8.16. The van der Waals surface area contributed by atoms with E-state index in [0.717, 1.165) is 10.9 Å². The van der Waals surface area contributed by atoms with E-state index in [1.807, 2.05) is 0 Å². The summed E-state index contributed by atoms with van der Waals surface area (Å²) < 4.78 is 37.3. The first-order chi connectivity index (χ1) is 13.9. The van der Waals surface area contributed by atoms with E-state index in [2.05, 4.69) is 5.32 Å². The van der Waals surface area contributed by atoms with Gasteiger partial charge < -0.3 is 14.5 Å². The average Bonchev–Trinajstić information content (AvgIpc) is 3.11. The summed E-state index contributed by atoms with van der Waals surface area (Å²) in [5, 5.41) is 4.13. The highest BCUT2D eigenvalue weighted by atomic mass is 35.5. The van der Waals surface area contributed by atoms with E-state index >= 15 is 0 Å². The molecule has 1 aliphatic heterocycles. The normalized spacial score (nSPS) is 15.5. The van der Waals surface area contributed by atoms with Crippen molar-refractivity contribution in [2.75, 3.05) is 31.6 Å². The summed E-state index contributed by atoms with van der Waals surface area (Å²) in [6.07, 6.45) is 1.65. The molecule has 3 aromatic rings. The number of ether oxygens (including phenoxy) is 1. The molecule has 9 heteroatoms. The first-order valence-corrected chi connectivity index (χ1v) is 10.9. The zero-order valence-electron chi connectivity index (χ0n) is 15.4. The number of benzene rings is 2. The van der Waals surface area contributed by atoms with Crippen LogP contribution in [0.4, 0.5) is 5.69 Å². The minimum atomic E-state index is -3.56. The second-order valence-electron chi connectivity index (χ2n) is 6.67. The number of amides is 1. The Balaban J connectivity index is 1.44. The number of nitrogens with zero attached hydrogens (tertiary/aromatic N) is 1. The van der Waals surface area contributed by atoms with Gasteiger partial charge in [-0.05, 0) is 42.5 Å². The third-order valence-electron chi connectivity index (χ3n) is 4.71. The van der Waals surface area contributed by atoms with E-state index in [4.69, 9.17) is 20.8 Å². The molecule has 1 saturated heterocycles.